The molecule has 2 heterocycles. The van der Waals surface area contributed by atoms with Crippen molar-refractivity contribution in [3.05, 3.63) is 70.8 Å². The number of nitrogens with zero attached hydrogens (tertiary/aromatic N) is 3. The predicted molar refractivity (Wildman–Crippen MR) is 117 cm³/mol. The summed E-state index contributed by atoms with van der Waals surface area (Å²) in [6.07, 6.45) is 2.01. The first kappa shape index (κ1) is 20.4. The molecule has 4 aromatic rings. The summed E-state index contributed by atoms with van der Waals surface area (Å²) in [5.41, 5.74) is 3.08. The van der Waals surface area contributed by atoms with Crippen LogP contribution in [0.4, 0.5) is 0 Å². The third-order valence-electron chi connectivity index (χ3n) is 4.44. The molecule has 0 atom stereocenters. The van der Waals surface area contributed by atoms with Crippen LogP contribution in [0.3, 0.4) is 0 Å². The highest BCUT2D eigenvalue weighted by Crippen LogP contribution is 2.17. The number of para-hydroxylation sites is 2. The Morgan fingerprint density at radius 1 is 1.07 bits per heavy atom. The van der Waals surface area contributed by atoms with Gasteiger partial charge in [-0.2, -0.15) is 0 Å². The molecule has 2 aromatic heterocycles. The molecule has 0 bridgehead atoms. The number of thioether (sulfide) groups is 1. The van der Waals surface area contributed by atoms with Crippen molar-refractivity contribution in [2.45, 2.75) is 24.5 Å². The summed E-state index contributed by atoms with van der Waals surface area (Å²) in [5.74, 6) is 1.56. The van der Waals surface area contributed by atoms with Crippen LogP contribution in [0.15, 0.2) is 58.2 Å². The van der Waals surface area contributed by atoms with Crippen LogP contribution >= 0.6 is 23.4 Å². The zero-order valence-corrected chi connectivity index (χ0v) is 17.7. The number of rotatable bonds is 9. The molecule has 2 N–H and O–H groups in total. The van der Waals surface area contributed by atoms with E-state index in [1.807, 2.05) is 48.5 Å². The van der Waals surface area contributed by atoms with E-state index < -0.39 is 0 Å². The van der Waals surface area contributed by atoms with Gasteiger partial charge in [0.2, 0.25) is 11.8 Å². The normalized spacial score (nSPS) is 11.1. The van der Waals surface area contributed by atoms with Crippen molar-refractivity contribution in [3.63, 3.8) is 0 Å². The summed E-state index contributed by atoms with van der Waals surface area (Å²) < 4.78 is 5.62. The number of halogens is 1. The monoisotopic (exact) mass is 441 g/mol. The van der Waals surface area contributed by atoms with Gasteiger partial charge in [-0.05, 0) is 36.2 Å². The Morgan fingerprint density at radius 2 is 1.90 bits per heavy atom. The van der Waals surface area contributed by atoms with Crippen LogP contribution in [0.5, 0.6) is 0 Å². The highest BCUT2D eigenvalue weighted by atomic mass is 35.5. The molecule has 0 aliphatic rings. The standard InChI is InChI=1S/C21H20ClN5O2S/c22-15-7-5-14(6-8-15)11-12-23-19(28)13-30-21-27-26-20(29-21)10-9-18-24-16-3-1-2-4-17(16)25-18/h1-8H,9-13H2,(H,23,28)(H,24,25). The minimum Gasteiger partial charge on any atom is -0.416 e. The minimum absolute atomic E-state index is 0.0732. The van der Waals surface area contributed by atoms with E-state index in [4.69, 9.17) is 16.0 Å². The van der Waals surface area contributed by atoms with E-state index in [0.29, 0.717) is 35.5 Å². The molecule has 154 valence electrons. The van der Waals surface area contributed by atoms with Gasteiger partial charge in [-0.3, -0.25) is 4.79 Å². The topological polar surface area (TPSA) is 96.7 Å². The first-order chi connectivity index (χ1) is 14.7. The highest BCUT2D eigenvalue weighted by molar-refractivity contribution is 7.99. The van der Waals surface area contributed by atoms with Gasteiger partial charge >= 0.3 is 0 Å². The van der Waals surface area contributed by atoms with Gasteiger partial charge in [0.15, 0.2) is 0 Å². The first-order valence-corrected chi connectivity index (χ1v) is 10.9. The number of carbonyl (C=O) groups excluding carboxylic acids is 1. The van der Waals surface area contributed by atoms with Crippen LogP contribution in [0.1, 0.15) is 17.3 Å². The lowest BCUT2D eigenvalue weighted by atomic mass is 10.1. The molecule has 0 saturated carbocycles. The van der Waals surface area contributed by atoms with Crippen LogP contribution in [-0.2, 0) is 24.1 Å². The van der Waals surface area contributed by atoms with Crippen molar-refractivity contribution in [2.75, 3.05) is 12.3 Å². The van der Waals surface area contributed by atoms with E-state index in [2.05, 4.69) is 25.5 Å². The molecule has 0 saturated heterocycles. The molecular formula is C21H20ClN5O2S. The fourth-order valence-corrected chi connectivity index (χ4v) is 3.66. The molecule has 0 unspecified atom stereocenters. The SMILES string of the molecule is O=C(CSc1nnc(CCc2nc3ccccc3[nH]2)o1)NCCc1ccc(Cl)cc1. The number of imidazole rings is 1. The van der Waals surface area contributed by atoms with Gasteiger partial charge in [0.05, 0.1) is 16.8 Å². The van der Waals surface area contributed by atoms with Crippen molar-refractivity contribution in [1.82, 2.24) is 25.5 Å². The zero-order valence-electron chi connectivity index (χ0n) is 16.1. The largest absolute Gasteiger partial charge is 0.416 e. The third-order valence-corrected chi connectivity index (χ3v) is 5.51. The van der Waals surface area contributed by atoms with Gasteiger partial charge < -0.3 is 14.7 Å². The molecule has 4 rings (SSSR count). The average molecular weight is 442 g/mol. The molecule has 0 radical (unpaired) electrons. The number of aromatic nitrogens is 4. The maximum Gasteiger partial charge on any atom is 0.277 e. The van der Waals surface area contributed by atoms with E-state index in [1.54, 1.807) is 0 Å². The average Bonchev–Trinajstić information content (AvgIpc) is 3.38. The van der Waals surface area contributed by atoms with Crippen molar-refractivity contribution in [1.29, 1.82) is 0 Å². The number of benzene rings is 2. The Kier molecular flexibility index (Phi) is 6.66. The number of aryl methyl sites for hydroxylation is 2. The van der Waals surface area contributed by atoms with Gasteiger partial charge in [0.1, 0.15) is 5.82 Å². The highest BCUT2D eigenvalue weighted by Gasteiger charge is 2.11. The number of amides is 1. The number of fused-ring (bicyclic) bond motifs is 1. The summed E-state index contributed by atoms with van der Waals surface area (Å²) in [7, 11) is 0. The Bertz CT molecular complexity index is 1090. The molecule has 0 spiro atoms. The molecule has 7 nitrogen and oxygen atoms in total. The minimum atomic E-state index is -0.0732. The lowest BCUT2D eigenvalue weighted by molar-refractivity contribution is -0.118. The second-order valence-corrected chi connectivity index (χ2v) is 8.04. The van der Waals surface area contributed by atoms with Crippen LogP contribution < -0.4 is 5.32 Å². The van der Waals surface area contributed by atoms with Crippen molar-refractivity contribution < 1.29 is 9.21 Å². The Labute approximate surface area is 182 Å². The molecule has 9 heteroatoms. The summed E-state index contributed by atoms with van der Waals surface area (Å²) in [6, 6.07) is 15.5. The van der Waals surface area contributed by atoms with Crippen molar-refractivity contribution >= 4 is 40.3 Å². The smallest absolute Gasteiger partial charge is 0.277 e. The van der Waals surface area contributed by atoms with Gasteiger partial charge in [-0.25, -0.2) is 4.98 Å². The summed E-state index contributed by atoms with van der Waals surface area (Å²) in [4.78, 5) is 19.8. The second-order valence-electron chi connectivity index (χ2n) is 6.68. The summed E-state index contributed by atoms with van der Waals surface area (Å²) in [5, 5.41) is 12.0. The number of hydrogen-bond donors (Lipinski definition) is 2. The van der Waals surface area contributed by atoms with E-state index in [-0.39, 0.29) is 11.7 Å². The third kappa shape index (κ3) is 5.61. The van der Waals surface area contributed by atoms with E-state index in [0.717, 1.165) is 28.8 Å². The van der Waals surface area contributed by atoms with E-state index >= 15 is 0 Å². The van der Waals surface area contributed by atoms with E-state index in [1.165, 1.54) is 11.8 Å². The molecule has 0 aliphatic heterocycles. The van der Waals surface area contributed by atoms with Gasteiger partial charge in [0.25, 0.3) is 5.22 Å². The lowest BCUT2D eigenvalue weighted by Gasteiger charge is -2.04. The Hall–Kier alpha value is -2.84. The Morgan fingerprint density at radius 3 is 2.73 bits per heavy atom. The lowest BCUT2D eigenvalue weighted by Crippen LogP contribution is -2.27. The predicted octanol–water partition coefficient (Wildman–Crippen LogP) is 3.84. The maximum atomic E-state index is 12.0. The van der Waals surface area contributed by atoms with Crippen LogP contribution in [-0.4, -0.2) is 38.4 Å². The number of aromatic amines is 1. The number of nitrogens with one attached hydrogen (secondary N) is 2. The quantitative estimate of drug-likeness (QED) is 0.383. The fraction of sp³-hybridized carbons (Fsp3) is 0.238. The van der Waals surface area contributed by atoms with Gasteiger partial charge in [-0.1, -0.05) is 47.6 Å². The van der Waals surface area contributed by atoms with Crippen LogP contribution in [0, 0.1) is 0 Å². The first-order valence-electron chi connectivity index (χ1n) is 9.56. The van der Waals surface area contributed by atoms with Crippen molar-refractivity contribution in [2.24, 2.45) is 0 Å². The van der Waals surface area contributed by atoms with E-state index in [9.17, 15) is 4.79 Å². The molecule has 1 amide bonds. The van der Waals surface area contributed by atoms with Crippen LogP contribution in [0.25, 0.3) is 11.0 Å². The number of hydrogen-bond acceptors (Lipinski definition) is 6. The van der Waals surface area contributed by atoms with Gasteiger partial charge in [0, 0.05) is 24.4 Å². The second kappa shape index (κ2) is 9.77. The number of carbonyl (C=O) groups is 1. The molecular weight excluding hydrogens is 422 g/mol. The van der Waals surface area contributed by atoms with Crippen molar-refractivity contribution in [3.8, 4) is 0 Å². The summed E-state index contributed by atoms with van der Waals surface area (Å²) >= 11 is 7.10. The maximum absolute atomic E-state index is 12.0. The number of H-pyrrole nitrogens is 1. The summed E-state index contributed by atoms with van der Waals surface area (Å²) in [6.45, 7) is 0.563. The molecule has 0 fully saturated rings. The van der Waals surface area contributed by atoms with Crippen LogP contribution in [0.2, 0.25) is 5.02 Å². The molecule has 0 aliphatic carbocycles. The zero-order chi connectivity index (χ0) is 20.8. The fourth-order valence-electron chi connectivity index (χ4n) is 2.92. The Balaban J connectivity index is 1.18. The molecule has 30 heavy (non-hydrogen) atoms. The molecule has 2 aromatic carbocycles. The van der Waals surface area contributed by atoms with Gasteiger partial charge in [-0.15, -0.1) is 10.2 Å².